The smallest absolute Gasteiger partial charge is 0.259 e. The number of nitrogens with one attached hydrogen (secondary N) is 2. The summed E-state index contributed by atoms with van der Waals surface area (Å²) in [5.74, 6) is 4.35. The third kappa shape index (κ3) is 3.25. The minimum absolute atomic E-state index is 0.0111. The minimum Gasteiger partial charge on any atom is -0.350 e. The van der Waals surface area contributed by atoms with E-state index in [-0.39, 0.29) is 17.0 Å². The Morgan fingerprint density at radius 1 is 1.17 bits per heavy atom. The van der Waals surface area contributed by atoms with Gasteiger partial charge in [-0.05, 0) is 81.1 Å². The molecule has 0 saturated heterocycles. The van der Waals surface area contributed by atoms with Gasteiger partial charge in [-0.15, -0.1) is 23.1 Å². The molecule has 2 aromatic heterocycles. The number of aryl methyl sites for hydroxylation is 2. The van der Waals surface area contributed by atoms with E-state index in [9.17, 15) is 9.59 Å². The lowest BCUT2D eigenvalue weighted by Gasteiger charge is -2.56. The molecule has 0 unspecified atom stereocenters. The molecule has 5 aliphatic rings. The molecule has 0 aromatic carbocycles. The number of hydrogen-bond donors (Lipinski definition) is 2. The van der Waals surface area contributed by atoms with Gasteiger partial charge in [0.25, 0.3) is 5.56 Å². The van der Waals surface area contributed by atoms with Gasteiger partial charge in [-0.2, -0.15) is 0 Å². The lowest BCUT2D eigenvalue weighted by atomic mass is 9.53. The highest BCUT2D eigenvalue weighted by molar-refractivity contribution is 7.99. The standard InChI is InChI=1S/C22H27N3O2S2/c26-18(25-22-7-12-4-13(8-22)6-14(5-12)9-22)11-28-10-17-23-20(27)19-15-2-1-3-16(15)29-21(19)24-17/h12-14H,1-11H2,(H,25,26)(H,23,24,27). The summed E-state index contributed by atoms with van der Waals surface area (Å²) in [6.07, 6.45) is 10.9. The van der Waals surface area contributed by atoms with Crippen molar-refractivity contribution < 1.29 is 4.79 Å². The second-order valence-electron chi connectivity index (χ2n) is 9.79. The Morgan fingerprint density at radius 3 is 2.62 bits per heavy atom. The van der Waals surface area contributed by atoms with E-state index in [1.807, 2.05) is 0 Å². The highest BCUT2D eigenvalue weighted by Gasteiger charge is 2.51. The zero-order chi connectivity index (χ0) is 19.6. The summed E-state index contributed by atoms with van der Waals surface area (Å²) < 4.78 is 0. The number of nitrogens with zero attached hydrogens (tertiary/aromatic N) is 1. The molecular weight excluding hydrogens is 402 g/mol. The van der Waals surface area contributed by atoms with E-state index >= 15 is 0 Å². The average Bonchev–Trinajstić information content (AvgIpc) is 3.20. The number of hydrogen-bond acceptors (Lipinski definition) is 5. The normalized spacial score (nSPS) is 32.1. The maximum atomic E-state index is 12.7. The fourth-order valence-electron chi connectivity index (χ4n) is 6.95. The molecule has 4 saturated carbocycles. The zero-order valence-corrected chi connectivity index (χ0v) is 18.2. The molecule has 29 heavy (non-hydrogen) atoms. The van der Waals surface area contributed by atoms with Crippen LogP contribution in [0.15, 0.2) is 4.79 Å². The van der Waals surface area contributed by atoms with Crippen LogP contribution in [0, 0.1) is 17.8 Å². The molecule has 0 aliphatic heterocycles. The topological polar surface area (TPSA) is 74.8 Å². The number of amides is 1. The van der Waals surface area contributed by atoms with Crippen molar-refractivity contribution >= 4 is 39.2 Å². The van der Waals surface area contributed by atoms with E-state index in [1.54, 1.807) is 23.1 Å². The number of rotatable bonds is 5. The molecule has 7 heteroatoms. The van der Waals surface area contributed by atoms with Gasteiger partial charge in [0, 0.05) is 10.4 Å². The molecule has 1 amide bonds. The molecule has 5 nitrogen and oxygen atoms in total. The molecule has 0 spiro atoms. The minimum atomic E-state index is -0.0111. The first-order valence-corrected chi connectivity index (χ1v) is 13.0. The summed E-state index contributed by atoms with van der Waals surface area (Å²) >= 11 is 3.22. The van der Waals surface area contributed by atoms with Gasteiger partial charge < -0.3 is 10.3 Å². The van der Waals surface area contributed by atoms with Crippen LogP contribution in [0.2, 0.25) is 0 Å². The van der Waals surface area contributed by atoms with E-state index in [0.29, 0.717) is 17.3 Å². The number of aromatic nitrogens is 2. The van der Waals surface area contributed by atoms with Crippen molar-refractivity contribution in [2.24, 2.45) is 17.8 Å². The highest BCUT2D eigenvalue weighted by atomic mass is 32.2. The Labute approximate surface area is 178 Å². The van der Waals surface area contributed by atoms with Crippen LogP contribution in [-0.4, -0.2) is 27.2 Å². The number of thioether (sulfide) groups is 1. The summed E-state index contributed by atoms with van der Waals surface area (Å²) in [5, 5.41) is 4.23. The molecular formula is C22H27N3O2S2. The summed E-state index contributed by atoms with van der Waals surface area (Å²) in [7, 11) is 0. The predicted octanol–water partition coefficient (Wildman–Crippen LogP) is 3.79. The average molecular weight is 430 g/mol. The Bertz CT molecular complexity index is 1010. The van der Waals surface area contributed by atoms with Crippen LogP contribution < -0.4 is 10.9 Å². The van der Waals surface area contributed by atoms with E-state index < -0.39 is 0 Å². The third-order valence-electron chi connectivity index (χ3n) is 7.54. The first-order chi connectivity index (χ1) is 14.1. The molecule has 2 N–H and O–H groups in total. The van der Waals surface area contributed by atoms with Gasteiger partial charge in [0.2, 0.25) is 5.91 Å². The number of thiophene rings is 1. The molecule has 0 atom stereocenters. The second kappa shape index (κ2) is 6.84. The van der Waals surface area contributed by atoms with Crippen LogP contribution in [0.1, 0.15) is 61.2 Å². The Hall–Kier alpha value is -1.34. The van der Waals surface area contributed by atoms with E-state index in [4.69, 9.17) is 0 Å². The molecule has 2 heterocycles. The highest BCUT2D eigenvalue weighted by Crippen LogP contribution is 2.55. The number of aromatic amines is 1. The van der Waals surface area contributed by atoms with Gasteiger partial charge in [0.1, 0.15) is 10.7 Å². The summed E-state index contributed by atoms with van der Waals surface area (Å²) in [5.41, 5.74) is 1.28. The van der Waals surface area contributed by atoms with Crippen LogP contribution in [0.5, 0.6) is 0 Å². The fourth-order valence-corrected chi connectivity index (χ4v) is 8.92. The van der Waals surface area contributed by atoms with Gasteiger partial charge in [0.05, 0.1) is 16.9 Å². The summed E-state index contributed by atoms with van der Waals surface area (Å²) in [6.45, 7) is 0. The second-order valence-corrected chi connectivity index (χ2v) is 11.9. The maximum Gasteiger partial charge on any atom is 0.259 e. The SMILES string of the molecule is O=C(CSCc1nc2sc3c(c2c(=O)[nH]1)CCC3)NC12CC3CC(CC(C3)C1)C2. The molecule has 5 aliphatic carbocycles. The van der Waals surface area contributed by atoms with Crippen molar-refractivity contribution in [3.05, 3.63) is 26.6 Å². The van der Waals surface area contributed by atoms with Crippen LogP contribution >= 0.6 is 23.1 Å². The van der Waals surface area contributed by atoms with Crippen molar-refractivity contribution in [1.29, 1.82) is 0 Å². The number of carbonyl (C=O) groups is 1. The largest absolute Gasteiger partial charge is 0.350 e. The van der Waals surface area contributed by atoms with Crippen LogP contribution in [-0.2, 0) is 23.4 Å². The number of H-pyrrole nitrogens is 1. The van der Waals surface area contributed by atoms with Crippen molar-refractivity contribution in [1.82, 2.24) is 15.3 Å². The van der Waals surface area contributed by atoms with Gasteiger partial charge in [-0.3, -0.25) is 9.59 Å². The number of fused-ring (bicyclic) bond motifs is 3. The van der Waals surface area contributed by atoms with E-state index in [2.05, 4.69) is 15.3 Å². The predicted molar refractivity (Wildman–Crippen MR) is 117 cm³/mol. The first-order valence-electron chi connectivity index (χ1n) is 11.0. The first kappa shape index (κ1) is 18.4. The van der Waals surface area contributed by atoms with Gasteiger partial charge in [-0.25, -0.2) is 4.98 Å². The van der Waals surface area contributed by atoms with Crippen LogP contribution in [0.25, 0.3) is 10.2 Å². The van der Waals surface area contributed by atoms with Gasteiger partial charge in [-0.1, -0.05) is 0 Å². The van der Waals surface area contributed by atoms with Gasteiger partial charge in [0.15, 0.2) is 0 Å². The Kier molecular flexibility index (Phi) is 4.35. The summed E-state index contributed by atoms with van der Waals surface area (Å²) in [4.78, 5) is 35.1. The van der Waals surface area contributed by atoms with E-state index in [0.717, 1.165) is 47.2 Å². The molecule has 154 valence electrons. The Morgan fingerprint density at radius 2 is 1.90 bits per heavy atom. The fraction of sp³-hybridized carbons (Fsp3) is 0.682. The van der Waals surface area contributed by atoms with Gasteiger partial charge >= 0.3 is 0 Å². The van der Waals surface area contributed by atoms with Crippen LogP contribution in [0.4, 0.5) is 0 Å². The molecule has 7 rings (SSSR count). The number of carbonyl (C=O) groups excluding carboxylic acids is 1. The third-order valence-corrected chi connectivity index (χ3v) is 9.67. The summed E-state index contributed by atoms with van der Waals surface area (Å²) in [6, 6.07) is 0. The van der Waals surface area contributed by atoms with Crippen molar-refractivity contribution in [2.75, 3.05) is 5.75 Å². The lowest BCUT2D eigenvalue weighted by Crippen LogP contribution is -2.60. The zero-order valence-electron chi connectivity index (χ0n) is 16.6. The van der Waals surface area contributed by atoms with Crippen LogP contribution in [0.3, 0.4) is 0 Å². The van der Waals surface area contributed by atoms with Crippen molar-refractivity contribution in [2.45, 2.75) is 69.1 Å². The van der Waals surface area contributed by atoms with Crippen molar-refractivity contribution in [3.63, 3.8) is 0 Å². The van der Waals surface area contributed by atoms with E-state index in [1.165, 1.54) is 49.0 Å². The molecule has 4 fully saturated rings. The molecule has 2 aromatic rings. The molecule has 0 radical (unpaired) electrons. The Balaban J connectivity index is 1.09. The van der Waals surface area contributed by atoms with Crippen molar-refractivity contribution in [3.8, 4) is 0 Å². The maximum absolute atomic E-state index is 12.7. The lowest BCUT2D eigenvalue weighted by molar-refractivity contribution is -0.124. The molecule has 4 bridgehead atoms. The quantitative estimate of drug-likeness (QED) is 0.758. The monoisotopic (exact) mass is 429 g/mol.